The van der Waals surface area contributed by atoms with Crippen LogP contribution in [0.15, 0.2) is 176 Å². The number of hydrogen-bond acceptors (Lipinski definition) is 2. The SMILES string of the molecule is c1ccc(C2Nc3ccc4ccc5cc(-n6c7ccc8ccccc8c7c7c8ccccc8ccc76)ccc5c4c3N2c2ccccc2)cc1. The van der Waals surface area contributed by atoms with Crippen molar-refractivity contribution in [3.63, 3.8) is 0 Å². The Hall–Kier alpha value is -6.58. The molecular weight excluding hydrogens is 607 g/mol. The van der Waals surface area contributed by atoms with Gasteiger partial charge in [-0.1, -0.05) is 133 Å². The predicted molar refractivity (Wildman–Crippen MR) is 212 cm³/mol. The van der Waals surface area contributed by atoms with Gasteiger partial charge in [-0.25, -0.2) is 0 Å². The Morgan fingerprint density at radius 2 is 0.960 bits per heavy atom. The van der Waals surface area contributed by atoms with Gasteiger partial charge in [-0.3, -0.25) is 0 Å². The summed E-state index contributed by atoms with van der Waals surface area (Å²) in [6.07, 6.45) is -0.0176. The highest BCUT2D eigenvalue weighted by Crippen LogP contribution is 2.51. The van der Waals surface area contributed by atoms with Crippen molar-refractivity contribution >= 4 is 82.0 Å². The van der Waals surface area contributed by atoms with Crippen LogP contribution in [0.1, 0.15) is 11.7 Å². The molecule has 0 bridgehead atoms. The summed E-state index contributed by atoms with van der Waals surface area (Å²) in [6, 6.07) is 64.3. The minimum absolute atomic E-state index is 0.0176. The molecule has 1 aliphatic heterocycles. The van der Waals surface area contributed by atoms with E-state index >= 15 is 0 Å². The summed E-state index contributed by atoms with van der Waals surface area (Å²) in [5.74, 6) is 0. The molecule has 0 spiro atoms. The maximum atomic E-state index is 3.88. The van der Waals surface area contributed by atoms with E-state index in [1.54, 1.807) is 0 Å². The molecule has 11 rings (SSSR count). The van der Waals surface area contributed by atoms with Crippen LogP contribution in [0.5, 0.6) is 0 Å². The van der Waals surface area contributed by atoms with E-state index in [2.05, 4.69) is 191 Å². The molecule has 50 heavy (non-hydrogen) atoms. The van der Waals surface area contributed by atoms with Crippen molar-refractivity contribution < 1.29 is 0 Å². The van der Waals surface area contributed by atoms with Crippen LogP contribution in [-0.4, -0.2) is 4.57 Å². The lowest BCUT2D eigenvalue weighted by Crippen LogP contribution is -2.23. The van der Waals surface area contributed by atoms with Crippen LogP contribution in [0.2, 0.25) is 0 Å². The monoisotopic (exact) mass is 637 g/mol. The maximum Gasteiger partial charge on any atom is 0.130 e. The molecule has 3 nitrogen and oxygen atoms in total. The first-order valence-electron chi connectivity index (χ1n) is 17.3. The number of para-hydroxylation sites is 1. The number of nitrogens with one attached hydrogen (secondary N) is 1. The topological polar surface area (TPSA) is 20.2 Å². The fourth-order valence-electron chi connectivity index (χ4n) is 8.53. The number of anilines is 3. The molecule has 1 atom stereocenters. The molecule has 1 aromatic heterocycles. The molecule has 234 valence electrons. The van der Waals surface area contributed by atoms with Crippen LogP contribution in [-0.2, 0) is 0 Å². The average molecular weight is 638 g/mol. The van der Waals surface area contributed by atoms with Gasteiger partial charge in [0.15, 0.2) is 0 Å². The van der Waals surface area contributed by atoms with E-state index in [0.717, 1.165) is 11.4 Å². The van der Waals surface area contributed by atoms with Crippen molar-refractivity contribution in [2.24, 2.45) is 0 Å². The molecule has 3 heteroatoms. The summed E-state index contributed by atoms with van der Waals surface area (Å²) in [4.78, 5) is 2.48. The molecular formula is C47H31N3. The van der Waals surface area contributed by atoms with Crippen molar-refractivity contribution in [1.29, 1.82) is 0 Å². The molecule has 0 aliphatic carbocycles. The Kier molecular flexibility index (Phi) is 5.73. The molecule has 0 amide bonds. The van der Waals surface area contributed by atoms with Gasteiger partial charge < -0.3 is 14.8 Å². The summed E-state index contributed by atoms with van der Waals surface area (Å²) in [5, 5.41) is 16.6. The van der Waals surface area contributed by atoms with E-state index < -0.39 is 0 Å². The molecule has 2 heterocycles. The molecule has 0 radical (unpaired) electrons. The first-order chi connectivity index (χ1) is 24.8. The fourth-order valence-corrected chi connectivity index (χ4v) is 8.53. The van der Waals surface area contributed by atoms with Crippen LogP contribution in [0, 0.1) is 0 Å². The number of aromatic nitrogens is 1. The second-order valence-electron chi connectivity index (χ2n) is 13.4. The predicted octanol–water partition coefficient (Wildman–Crippen LogP) is 12.7. The molecule has 0 saturated heterocycles. The number of nitrogens with zero attached hydrogens (tertiary/aromatic N) is 2. The van der Waals surface area contributed by atoms with Gasteiger partial charge in [0, 0.05) is 27.5 Å². The van der Waals surface area contributed by atoms with Crippen LogP contribution in [0.3, 0.4) is 0 Å². The van der Waals surface area contributed by atoms with Crippen molar-refractivity contribution in [2.45, 2.75) is 6.17 Å². The Balaban J connectivity index is 1.18. The zero-order chi connectivity index (χ0) is 32.8. The van der Waals surface area contributed by atoms with Crippen LogP contribution in [0.25, 0.3) is 70.6 Å². The van der Waals surface area contributed by atoms with Crippen LogP contribution < -0.4 is 10.2 Å². The lowest BCUT2D eigenvalue weighted by atomic mass is 9.98. The summed E-state index contributed by atoms with van der Waals surface area (Å²) in [6.45, 7) is 0. The number of rotatable bonds is 3. The van der Waals surface area contributed by atoms with Gasteiger partial charge in [0.1, 0.15) is 6.17 Å². The van der Waals surface area contributed by atoms with E-state index in [1.165, 1.54) is 81.8 Å². The Bertz CT molecular complexity index is 2870. The second kappa shape index (κ2) is 10.5. The van der Waals surface area contributed by atoms with E-state index in [1.807, 2.05) is 0 Å². The average Bonchev–Trinajstić information content (AvgIpc) is 3.75. The van der Waals surface area contributed by atoms with E-state index in [4.69, 9.17) is 0 Å². The summed E-state index contributed by atoms with van der Waals surface area (Å²) < 4.78 is 2.46. The van der Waals surface area contributed by atoms with Gasteiger partial charge in [0.05, 0.1) is 22.4 Å². The van der Waals surface area contributed by atoms with Gasteiger partial charge in [0.25, 0.3) is 0 Å². The number of hydrogen-bond donors (Lipinski definition) is 1. The van der Waals surface area contributed by atoms with Gasteiger partial charge in [-0.15, -0.1) is 0 Å². The van der Waals surface area contributed by atoms with Gasteiger partial charge in [-0.2, -0.15) is 0 Å². The van der Waals surface area contributed by atoms with Crippen LogP contribution >= 0.6 is 0 Å². The summed E-state index contributed by atoms with van der Waals surface area (Å²) in [7, 11) is 0. The lowest BCUT2D eigenvalue weighted by molar-refractivity contribution is 0.830. The van der Waals surface area contributed by atoms with E-state index in [9.17, 15) is 0 Å². The van der Waals surface area contributed by atoms with E-state index in [0.29, 0.717) is 0 Å². The molecule has 0 saturated carbocycles. The Morgan fingerprint density at radius 3 is 1.66 bits per heavy atom. The smallest absolute Gasteiger partial charge is 0.130 e. The first-order valence-corrected chi connectivity index (χ1v) is 17.3. The van der Waals surface area contributed by atoms with Gasteiger partial charge in [0.2, 0.25) is 0 Å². The van der Waals surface area contributed by atoms with Crippen molar-refractivity contribution in [1.82, 2.24) is 4.57 Å². The molecule has 1 unspecified atom stereocenters. The largest absolute Gasteiger partial charge is 0.359 e. The third kappa shape index (κ3) is 3.86. The van der Waals surface area contributed by atoms with Gasteiger partial charge in [-0.05, 0) is 85.7 Å². The lowest BCUT2D eigenvalue weighted by Gasteiger charge is -2.28. The molecule has 9 aromatic carbocycles. The van der Waals surface area contributed by atoms with Crippen molar-refractivity contribution in [2.75, 3.05) is 10.2 Å². The zero-order valence-electron chi connectivity index (χ0n) is 27.2. The summed E-state index contributed by atoms with van der Waals surface area (Å²) >= 11 is 0. The normalized spacial score (nSPS) is 14.3. The fraction of sp³-hybridized carbons (Fsp3) is 0.0213. The van der Waals surface area contributed by atoms with Gasteiger partial charge >= 0.3 is 0 Å². The highest BCUT2D eigenvalue weighted by Gasteiger charge is 2.33. The molecule has 0 fully saturated rings. The molecule has 1 aliphatic rings. The van der Waals surface area contributed by atoms with Crippen molar-refractivity contribution in [3.8, 4) is 5.69 Å². The quantitative estimate of drug-likeness (QED) is 0.195. The standard InChI is InChI=1S/C47H31N3/c1-3-13-33(14-4-1)47-48-40-26-21-32-19-20-34-29-36(24-25-39(34)43(32)46(40)50(47)35-15-5-2-6-16-35)49-41-27-22-30-11-7-9-17-37(30)44(41)45-38-18-10-8-12-31(38)23-28-42(45)49/h1-29,47-48H. The van der Waals surface area contributed by atoms with Crippen molar-refractivity contribution in [3.05, 3.63) is 181 Å². The number of benzene rings is 9. The third-order valence-corrected chi connectivity index (χ3v) is 10.7. The van der Waals surface area contributed by atoms with Crippen LogP contribution in [0.4, 0.5) is 17.1 Å². The maximum absolute atomic E-state index is 3.88. The third-order valence-electron chi connectivity index (χ3n) is 10.7. The Labute approximate surface area is 289 Å². The minimum Gasteiger partial charge on any atom is -0.359 e. The minimum atomic E-state index is -0.0176. The Morgan fingerprint density at radius 1 is 0.400 bits per heavy atom. The first kappa shape index (κ1) is 27.4. The second-order valence-corrected chi connectivity index (χ2v) is 13.4. The zero-order valence-corrected chi connectivity index (χ0v) is 27.2. The highest BCUT2D eigenvalue weighted by molar-refractivity contribution is 6.28. The summed E-state index contributed by atoms with van der Waals surface area (Å²) in [5.41, 5.74) is 8.37. The molecule has 10 aromatic rings. The highest BCUT2D eigenvalue weighted by atomic mass is 15.3. The molecule has 1 N–H and O–H groups in total. The number of fused-ring (bicyclic) bond motifs is 12. The van der Waals surface area contributed by atoms with E-state index in [-0.39, 0.29) is 6.17 Å².